The van der Waals surface area contributed by atoms with Crippen LogP contribution in [0, 0.1) is 11.8 Å². The Morgan fingerprint density at radius 3 is 2.71 bits per heavy atom. The molecule has 1 saturated carbocycles. The van der Waals surface area contributed by atoms with E-state index in [4.69, 9.17) is 10.5 Å². The number of rotatable bonds is 3. The molecule has 1 heterocycles. The zero-order valence-electron chi connectivity index (χ0n) is 11.2. The third-order valence-corrected chi connectivity index (χ3v) is 4.40. The third kappa shape index (κ3) is 3.94. The Bertz CT molecular complexity index is 222. The van der Waals surface area contributed by atoms with Crippen LogP contribution in [0.15, 0.2) is 0 Å². The van der Waals surface area contributed by atoms with Gasteiger partial charge in [0.05, 0.1) is 6.10 Å². The van der Waals surface area contributed by atoms with E-state index in [9.17, 15) is 0 Å². The van der Waals surface area contributed by atoms with E-state index in [1.165, 1.54) is 45.2 Å². The Kier molecular flexibility index (Phi) is 5.26. The van der Waals surface area contributed by atoms with Gasteiger partial charge >= 0.3 is 0 Å². The fourth-order valence-electron chi connectivity index (χ4n) is 3.41. The molecule has 0 bridgehead atoms. The van der Waals surface area contributed by atoms with Crippen LogP contribution in [0.1, 0.15) is 39.0 Å². The van der Waals surface area contributed by atoms with Crippen molar-refractivity contribution in [1.29, 1.82) is 0 Å². The van der Waals surface area contributed by atoms with Gasteiger partial charge in [-0.05, 0) is 44.6 Å². The molecule has 1 aliphatic heterocycles. The van der Waals surface area contributed by atoms with Gasteiger partial charge in [-0.1, -0.05) is 12.8 Å². The van der Waals surface area contributed by atoms with Gasteiger partial charge in [-0.25, -0.2) is 0 Å². The van der Waals surface area contributed by atoms with Crippen molar-refractivity contribution in [3.8, 4) is 0 Å². The molecule has 2 fully saturated rings. The zero-order valence-corrected chi connectivity index (χ0v) is 11.2. The summed E-state index contributed by atoms with van der Waals surface area (Å²) >= 11 is 0. The van der Waals surface area contributed by atoms with Crippen molar-refractivity contribution in [1.82, 2.24) is 4.90 Å². The highest BCUT2D eigenvalue weighted by Gasteiger charge is 2.26. The SMILES string of the molecule is CC1CN(CC2CCCCC2CN)CCCO1. The summed E-state index contributed by atoms with van der Waals surface area (Å²) < 4.78 is 5.71. The van der Waals surface area contributed by atoms with Gasteiger partial charge in [-0.15, -0.1) is 0 Å². The van der Waals surface area contributed by atoms with Crippen LogP contribution in [-0.4, -0.2) is 43.8 Å². The Morgan fingerprint density at radius 1 is 1.18 bits per heavy atom. The highest BCUT2D eigenvalue weighted by Crippen LogP contribution is 2.30. The van der Waals surface area contributed by atoms with E-state index in [1.54, 1.807) is 0 Å². The summed E-state index contributed by atoms with van der Waals surface area (Å²) in [5.74, 6) is 1.60. The molecule has 3 heteroatoms. The monoisotopic (exact) mass is 240 g/mol. The van der Waals surface area contributed by atoms with E-state index in [2.05, 4.69) is 11.8 Å². The molecule has 3 nitrogen and oxygen atoms in total. The second-order valence-electron chi connectivity index (χ2n) is 5.83. The lowest BCUT2D eigenvalue weighted by Gasteiger charge is -2.35. The van der Waals surface area contributed by atoms with Crippen molar-refractivity contribution in [3.05, 3.63) is 0 Å². The summed E-state index contributed by atoms with van der Waals surface area (Å²) in [6.07, 6.45) is 7.11. The zero-order chi connectivity index (χ0) is 12.1. The van der Waals surface area contributed by atoms with Crippen molar-refractivity contribution in [3.63, 3.8) is 0 Å². The molecule has 1 aliphatic carbocycles. The Labute approximate surface area is 106 Å². The van der Waals surface area contributed by atoms with Gasteiger partial charge in [0, 0.05) is 26.2 Å². The average Bonchev–Trinajstić information content (AvgIpc) is 2.54. The summed E-state index contributed by atoms with van der Waals surface area (Å²) in [7, 11) is 0. The van der Waals surface area contributed by atoms with Gasteiger partial charge < -0.3 is 15.4 Å². The Morgan fingerprint density at radius 2 is 1.94 bits per heavy atom. The molecule has 3 unspecified atom stereocenters. The number of nitrogens with zero attached hydrogens (tertiary/aromatic N) is 1. The van der Waals surface area contributed by atoms with E-state index in [0.717, 1.165) is 31.5 Å². The molecule has 0 amide bonds. The minimum Gasteiger partial charge on any atom is -0.377 e. The Balaban J connectivity index is 1.84. The van der Waals surface area contributed by atoms with Gasteiger partial charge in [0.15, 0.2) is 0 Å². The van der Waals surface area contributed by atoms with Crippen molar-refractivity contribution < 1.29 is 4.74 Å². The first-order valence-electron chi connectivity index (χ1n) is 7.33. The van der Waals surface area contributed by atoms with Crippen LogP contribution >= 0.6 is 0 Å². The van der Waals surface area contributed by atoms with Gasteiger partial charge in [0.1, 0.15) is 0 Å². The molecule has 2 N–H and O–H groups in total. The van der Waals surface area contributed by atoms with Crippen molar-refractivity contribution >= 4 is 0 Å². The molecular formula is C14H28N2O. The molecule has 0 spiro atoms. The van der Waals surface area contributed by atoms with Gasteiger partial charge in [-0.2, -0.15) is 0 Å². The molecule has 17 heavy (non-hydrogen) atoms. The van der Waals surface area contributed by atoms with Crippen LogP contribution < -0.4 is 5.73 Å². The summed E-state index contributed by atoms with van der Waals surface area (Å²) in [4.78, 5) is 2.61. The quantitative estimate of drug-likeness (QED) is 0.818. The van der Waals surface area contributed by atoms with Crippen LogP contribution in [0.5, 0.6) is 0 Å². The standard InChI is InChI=1S/C14H28N2O/c1-12-10-16(7-4-8-17-12)11-14-6-3-2-5-13(14)9-15/h12-14H,2-11,15H2,1H3. The van der Waals surface area contributed by atoms with E-state index >= 15 is 0 Å². The topological polar surface area (TPSA) is 38.5 Å². The van der Waals surface area contributed by atoms with Gasteiger partial charge in [0.2, 0.25) is 0 Å². The van der Waals surface area contributed by atoms with Crippen LogP contribution in [0.4, 0.5) is 0 Å². The van der Waals surface area contributed by atoms with Gasteiger partial charge in [-0.3, -0.25) is 0 Å². The van der Waals surface area contributed by atoms with E-state index in [0.29, 0.717) is 6.10 Å². The maximum absolute atomic E-state index is 5.91. The summed E-state index contributed by atoms with van der Waals surface area (Å²) in [6.45, 7) is 7.56. The lowest BCUT2D eigenvalue weighted by atomic mass is 9.79. The van der Waals surface area contributed by atoms with Crippen LogP contribution in [-0.2, 0) is 4.74 Å². The lowest BCUT2D eigenvalue weighted by molar-refractivity contribution is 0.0615. The summed E-state index contributed by atoms with van der Waals surface area (Å²) in [5.41, 5.74) is 5.91. The molecule has 0 radical (unpaired) electrons. The van der Waals surface area contributed by atoms with E-state index in [1.807, 2.05) is 0 Å². The minimum absolute atomic E-state index is 0.400. The maximum atomic E-state index is 5.91. The number of ether oxygens (including phenoxy) is 1. The summed E-state index contributed by atoms with van der Waals surface area (Å²) in [6, 6.07) is 0. The van der Waals surface area contributed by atoms with Crippen molar-refractivity contribution in [2.75, 3.05) is 32.8 Å². The second-order valence-corrected chi connectivity index (χ2v) is 5.83. The fourth-order valence-corrected chi connectivity index (χ4v) is 3.41. The normalized spacial score (nSPS) is 36.7. The highest BCUT2D eigenvalue weighted by atomic mass is 16.5. The van der Waals surface area contributed by atoms with Crippen LogP contribution in [0.25, 0.3) is 0 Å². The number of hydrogen-bond acceptors (Lipinski definition) is 3. The molecule has 100 valence electrons. The molecule has 0 aromatic carbocycles. The largest absolute Gasteiger partial charge is 0.377 e. The van der Waals surface area contributed by atoms with E-state index < -0.39 is 0 Å². The predicted molar refractivity (Wildman–Crippen MR) is 71.0 cm³/mol. The van der Waals surface area contributed by atoms with E-state index in [-0.39, 0.29) is 0 Å². The molecule has 1 saturated heterocycles. The molecule has 0 aromatic rings. The molecule has 0 aromatic heterocycles. The predicted octanol–water partition coefficient (Wildman–Crippen LogP) is 1.86. The van der Waals surface area contributed by atoms with Crippen molar-refractivity contribution in [2.24, 2.45) is 17.6 Å². The number of nitrogens with two attached hydrogens (primary N) is 1. The molecule has 3 atom stereocenters. The average molecular weight is 240 g/mol. The Hall–Kier alpha value is -0.120. The first kappa shape index (κ1) is 13.3. The third-order valence-electron chi connectivity index (χ3n) is 4.40. The van der Waals surface area contributed by atoms with Crippen LogP contribution in [0.3, 0.4) is 0 Å². The van der Waals surface area contributed by atoms with Crippen LogP contribution in [0.2, 0.25) is 0 Å². The second kappa shape index (κ2) is 6.72. The smallest absolute Gasteiger partial charge is 0.0673 e. The maximum Gasteiger partial charge on any atom is 0.0673 e. The highest BCUT2D eigenvalue weighted by molar-refractivity contribution is 4.80. The first-order valence-corrected chi connectivity index (χ1v) is 7.33. The molecule has 2 rings (SSSR count). The fraction of sp³-hybridized carbons (Fsp3) is 1.00. The molecular weight excluding hydrogens is 212 g/mol. The molecule has 2 aliphatic rings. The van der Waals surface area contributed by atoms with Gasteiger partial charge in [0.25, 0.3) is 0 Å². The lowest BCUT2D eigenvalue weighted by Crippen LogP contribution is -2.39. The minimum atomic E-state index is 0.400. The number of hydrogen-bond donors (Lipinski definition) is 1. The van der Waals surface area contributed by atoms with Crippen molar-refractivity contribution in [2.45, 2.75) is 45.1 Å². The summed E-state index contributed by atoms with van der Waals surface area (Å²) in [5, 5.41) is 0. The first-order chi connectivity index (χ1) is 8.29.